The Labute approximate surface area is 108 Å². The number of rotatable bonds is 4. The molecular formula is C12H11N3O4. The van der Waals surface area contributed by atoms with Crippen molar-refractivity contribution in [1.82, 2.24) is 4.98 Å². The van der Waals surface area contributed by atoms with E-state index < -0.39 is 10.5 Å². The minimum absolute atomic E-state index is 0.0303. The van der Waals surface area contributed by atoms with Gasteiger partial charge in [0.2, 0.25) is 5.54 Å². The van der Waals surface area contributed by atoms with E-state index in [2.05, 4.69) is 4.98 Å². The molecule has 0 spiro atoms. The van der Waals surface area contributed by atoms with Gasteiger partial charge in [-0.3, -0.25) is 25.2 Å². The fourth-order valence-corrected chi connectivity index (χ4v) is 1.97. The second-order valence-corrected chi connectivity index (χ2v) is 4.29. The Kier molecular flexibility index (Phi) is 3.37. The van der Waals surface area contributed by atoms with Gasteiger partial charge in [0, 0.05) is 29.7 Å². The van der Waals surface area contributed by atoms with Gasteiger partial charge in [-0.1, -0.05) is 18.2 Å². The smallest absolute Gasteiger partial charge is 0.264 e. The van der Waals surface area contributed by atoms with E-state index in [9.17, 15) is 20.2 Å². The third-order valence-corrected chi connectivity index (χ3v) is 2.99. The minimum Gasteiger partial charge on any atom is -0.264 e. The Hall–Kier alpha value is -2.57. The number of aromatic nitrogens is 1. The molecule has 1 aromatic rings. The summed E-state index contributed by atoms with van der Waals surface area (Å²) in [6.07, 6.45) is 8.15. The Morgan fingerprint density at radius 2 is 2.11 bits per heavy atom. The van der Waals surface area contributed by atoms with Crippen LogP contribution in [0.4, 0.5) is 5.69 Å². The second-order valence-electron chi connectivity index (χ2n) is 4.29. The van der Waals surface area contributed by atoms with Gasteiger partial charge in [0.25, 0.3) is 5.69 Å². The molecule has 1 heterocycles. The van der Waals surface area contributed by atoms with Gasteiger partial charge in [-0.05, 0) is 6.08 Å². The molecule has 0 fully saturated rings. The van der Waals surface area contributed by atoms with Gasteiger partial charge in [0.05, 0.1) is 17.0 Å². The molecule has 1 unspecified atom stereocenters. The summed E-state index contributed by atoms with van der Waals surface area (Å²) in [6.45, 7) is 0. The zero-order valence-electron chi connectivity index (χ0n) is 9.93. The largest absolute Gasteiger partial charge is 0.272 e. The van der Waals surface area contributed by atoms with Crippen LogP contribution >= 0.6 is 0 Å². The first-order valence-electron chi connectivity index (χ1n) is 5.62. The zero-order valence-corrected chi connectivity index (χ0v) is 9.93. The average Bonchev–Trinajstić information content (AvgIpc) is 2.40. The van der Waals surface area contributed by atoms with Crippen molar-refractivity contribution in [3.63, 3.8) is 0 Å². The molecule has 7 heteroatoms. The SMILES string of the molecule is O=[N+]([O-])c1ccnc(CC2([N+](=O)[O-])C=CC=CC2)c1. The van der Waals surface area contributed by atoms with E-state index in [-0.39, 0.29) is 23.5 Å². The first-order chi connectivity index (χ1) is 9.03. The van der Waals surface area contributed by atoms with Crippen molar-refractivity contribution in [2.45, 2.75) is 18.4 Å². The summed E-state index contributed by atoms with van der Waals surface area (Å²) >= 11 is 0. The third kappa shape index (κ3) is 2.65. The molecule has 7 nitrogen and oxygen atoms in total. The molecule has 0 saturated carbocycles. The number of hydrogen-bond acceptors (Lipinski definition) is 5. The van der Waals surface area contributed by atoms with Gasteiger partial charge < -0.3 is 0 Å². The maximum Gasteiger partial charge on any atom is 0.272 e. The molecule has 1 aromatic heterocycles. The van der Waals surface area contributed by atoms with E-state index in [1.54, 1.807) is 18.2 Å². The van der Waals surface area contributed by atoms with Crippen LogP contribution in [0.2, 0.25) is 0 Å². The van der Waals surface area contributed by atoms with Crippen LogP contribution in [0.15, 0.2) is 42.6 Å². The van der Waals surface area contributed by atoms with Crippen LogP contribution in [0.25, 0.3) is 0 Å². The van der Waals surface area contributed by atoms with Gasteiger partial charge in [-0.15, -0.1) is 0 Å². The monoisotopic (exact) mass is 261 g/mol. The third-order valence-electron chi connectivity index (χ3n) is 2.99. The Morgan fingerprint density at radius 1 is 1.32 bits per heavy atom. The first-order valence-corrected chi connectivity index (χ1v) is 5.62. The summed E-state index contributed by atoms with van der Waals surface area (Å²) in [4.78, 5) is 25.0. The molecule has 98 valence electrons. The normalized spacial score (nSPS) is 21.3. The molecule has 19 heavy (non-hydrogen) atoms. The lowest BCUT2D eigenvalue weighted by atomic mass is 9.87. The molecule has 0 saturated heterocycles. The lowest BCUT2D eigenvalue weighted by Gasteiger charge is -2.21. The number of nitro groups is 2. The Bertz CT molecular complexity index is 582. The van der Waals surface area contributed by atoms with Gasteiger partial charge in [-0.2, -0.15) is 0 Å². The van der Waals surface area contributed by atoms with Crippen molar-refractivity contribution < 1.29 is 9.85 Å². The molecule has 0 aromatic carbocycles. The first kappa shape index (κ1) is 12.9. The van der Waals surface area contributed by atoms with Crippen molar-refractivity contribution in [1.29, 1.82) is 0 Å². The summed E-state index contributed by atoms with van der Waals surface area (Å²) in [5.41, 5.74) is -1.04. The van der Waals surface area contributed by atoms with Gasteiger partial charge >= 0.3 is 0 Å². The highest BCUT2D eigenvalue weighted by Gasteiger charge is 2.40. The quantitative estimate of drug-likeness (QED) is 0.610. The lowest BCUT2D eigenvalue weighted by molar-refractivity contribution is -0.554. The molecule has 1 aliphatic carbocycles. The number of hydrogen-bond donors (Lipinski definition) is 0. The van der Waals surface area contributed by atoms with Crippen LogP contribution in [0.1, 0.15) is 12.1 Å². The topological polar surface area (TPSA) is 99.2 Å². The van der Waals surface area contributed by atoms with E-state index in [1.165, 1.54) is 24.4 Å². The maximum atomic E-state index is 11.3. The Balaban J connectivity index is 2.30. The molecule has 0 amide bonds. The summed E-state index contributed by atoms with van der Waals surface area (Å²) in [6, 6.07) is 2.54. The van der Waals surface area contributed by atoms with Gasteiger partial charge in [0.1, 0.15) is 0 Å². The zero-order chi connectivity index (χ0) is 13.9. The summed E-state index contributed by atoms with van der Waals surface area (Å²) < 4.78 is 0. The van der Waals surface area contributed by atoms with E-state index in [1.807, 2.05) is 0 Å². The van der Waals surface area contributed by atoms with Crippen LogP contribution in [-0.4, -0.2) is 20.4 Å². The average molecular weight is 261 g/mol. The van der Waals surface area contributed by atoms with Gasteiger partial charge in [-0.25, -0.2) is 0 Å². The van der Waals surface area contributed by atoms with Crippen molar-refractivity contribution in [3.8, 4) is 0 Å². The van der Waals surface area contributed by atoms with Crippen LogP contribution < -0.4 is 0 Å². The highest BCUT2D eigenvalue weighted by atomic mass is 16.6. The van der Waals surface area contributed by atoms with Gasteiger partial charge in [0.15, 0.2) is 0 Å². The lowest BCUT2D eigenvalue weighted by Crippen LogP contribution is -2.39. The molecular weight excluding hydrogens is 250 g/mol. The summed E-state index contributed by atoms with van der Waals surface area (Å²) in [5.74, 6) is 0. The highest BCUT2D eigenvalue weighted by Crippen LogP contribution is 2.26. The fraction of sp³-hybridized carbons (Fsp3) is 0.250. The number of nitrogens with zero attached hydrogens (tertiary/aromatic N) is 3. The van der Waals surface area contributed by atoms with E-state index in [4.69, 9.17) is 0 Å². The molecule has 1 aliphatic rings. The van der Waals surface area contributed by atoms with Crippen molar-refractivity contribution in [2.75, 3.05) is 0 Å². The van der Waals surface area contributed by atoms with E-state index in [0.717, 1.165) is 0 Å². The molecule has 0 bridgehead atoms. The molecule has 2 rings (SSSR count). The van der Waals surface area contributed by atoms with Crippen LogP contribution in [0.3, 0.4) is 0 Å². The van der Waals surface area contributed by atoms with Crippen molar-refractivity contribution in [3.05, 3.63) is 68.6 Å². The molecule has 0 aliphatic heterocycles. The Morgan fingerprint density at radius 3 is 2.68 bits per heavy atom. The van der Waals surface area contributed by atoms with Crippen molar-refractivity contribution >= 4 is 5.69 Å². The number of pyridine rings is 1. The van der Waals surface area contributed by atoms with Crippen LogP contribution in [0, 0.1) is 20.2 Å². The predicted octanol–water partition coefficient (Wildman–Crippen LogP) is 2.06. The van der Waals surface area contributed by atoms with E-state index in [0.29, 0.717) is 5.69 Å². The second kappa shape index (κ2) is 4.97. The molecule has 1 atom stereocenters. The van der Waals surface area contributed by atoms with Crippen LogP contribution in [0.5, 0.6) is 0 Å². The molecule has 0 N–H and O–H groups in total. The van der Waals surface area contributed by atoms with Crippen LogP contribution in [-0.2, 0) is 6.42 Å². The summed E-state index contributed by atoms with van der Waals surface area (Å²) in [5, 5.41) is 21.9. The van der Waals surface area contributed by atoms with Crippen molar-refractivity contribution in [2.24, 2.45) is 0 Å². The minimum atomic E-state index is -1.27. The maximum absolute atomic E-state index is 11.3. The standard InChI is InChI=1S/C12H11N3O4/c16-14(17)11-4-7-13-10(8-11)9-12(15(18)19)5-2-1-3-6-12/h1-5,7-8H,6,9H2. The van der Waals surface area contributed by atoms with E-state index >= 15 is 0 Å². The number of allylic oxidation sites excluding steroid dienone is 2. The summed E-state index contributed by atoms with van der Waals surface area (Å²) in [7, 11) is 0. The molecule has 0 radical (unpaired) electrons. The highest BCUT2D eigenvalue weighted by molar-refractivity contribution is 5.31. The fourth-order valence-electron chi connectivity index (χ4n) is 1.97. The predicted molar refractivity (Wildman–Crippen MR) is 67.2 cm³/mol.